The summed E-state index contributed by atoms with van der Waals surface area (Å²) >= 11 is 3.39. The summed E-state index contributed by atoms with van der Waals surface area (Å²) in [6.07, 6.45) is 0.341. The molecule has 2 aromatic carbocycles. The lowest BCUT2D eigenvalue weighted by molar-refractivity contribution is -0.129. The molecule has 0 aromatic heterocycles. The number of halogens is 1. The molecule has 1 amide bonds. The molecule has 0 heterocycles. The van der Waals surface area contributed by atoms with E-state index in [9.17, 15) is 9.90 Å². The second-order valence-electron chi connectivity index (χ2n) is 4.72. The Hall–Kier alpha value is -1.81. The molecule has 4 heteroatoms. The molecule has 0 aliphatic carbocycles. The number of nitrogens with zero attached hydrogens (tertiary/aromatic N) is 1. The van der Waals surface area contributed by atoms with Crippen molar-refractivity contribution in [2.24, 2.45) is 0 Å². The van der Waals surface area contributed by atoms with Gasteiger partial charge in [-0.1, -0.05) is 40.2 Å². The highest BCUT2D eigenvalue weighted by Crippen LogP contribution is 2.13. The number of carbonyl (C=O) groups excluding carboxylic acids is 1. The summed E-state index contributed by atoms with van der Waals surface area (Å²) in [4.78, 5) is 13.8. The van der Waals surface area contributed by atoms with Crippen molar-refractivity contribution in [2.45, 2.75) is 13.0 Å². The van der Waals surface area contributed by atoms with Gasteiger partial charge in [-0.25, -0.2) is 0 Å². The highest BCUT2D eigenvalue weighted by atomic mass is 79.9. The molecule has 0 fully saturated rings. The van der Waals surface area contributed by atoms with E-state index in [4.69, 9.17) is 0 Å². The van der Waals surface area contributed by atoms with E-state index in [0.717, 1.165) is 15.6 Å². The number of aromatic hydroxyl groups is 1. The average molecular weight is 334 g/mol. The zero-order valence-corrected chi connectivity index (χ0v) is 12.8. The van der Waals surface area contributed by atoms with Crippen molar-refractivity contribution in [1.29, 1.82) is 0 Å². The van der Waals surface area contributed by atoms with Gasteiger partial charge in [-0.2, -0.15) is 0 Å². The molecular weight excluding hydrogens is 318 g/mol. The molecular formula is C16H16BrNO2. The number of hydrogen-bond donors (Lipinski definition) is 1. The third-order valence-corrected chi connectivity index (χ3v) is 3.58. The zero-order chi connectivity index (χ0) is 14.5. The van der Waals surface area contributed by atoms with Crippen molar-refractivity contribution >= 4 is 21.8 Å². The lowest BCUT2D eigenvalue weighted by atomic mass is 10.1. The summed E-state index contributed by atoms with van der Waals surface area (Å²) in [5, 5.41) is 9.22. The van der Waals surface area contributed by atoms with Crippen LogP contribution in [0.5, 0.6) is 5.75 Å². The average Bonchev–Trinajstić information content (AvgIpc) is 2.44. The Morgan fingerprint density at radius 1 is 1.05 bits per heavy atom. The number of rotatable bonds is 4. The Balaban J connectivity index is 1.94. The van der Waals surface area contributed by atoms with Crippen LogP contribution in [0.4, 0.5) is 0 Å². The third-order valence-electron chi connectivity index (χ3n) is 3.05. The number of likely N-dealkylation sites (N-methyl/N-ethyl adjacent to an activating group) is 1. The molecule has 0 spiro atoms. The van der Waals surface area contributed by atoms with E-state index in [1.807, 2.05) is 24.3 Å². The van der Waals surface area contributed by atoms with Crippen molar-refractivity contribution in [3.8, 4) is 5.75 Å². The van der Waals surface area contributed by atoms with Crippen LogP contribution < -0.4 is 0 Å². The second kappa shape index (κ2) is 6.57. The number of hydrogen-bond acceptors (Lipinski definition) is 2. The van der Waals surface area contributed by atoms with Gasteiger partial charge in [0.15, 0.2) is 0 Å². The van der Waals surface area contributed by atoms with E-state index in [0.29, 0.717) is 13.0 Å². The summed E-state index contributed by atoms with van der Waals surface area (Å²) in [6.45, 7) is 0.587. The van der Waals surface area contributed by atoms with Crippen LogP contribution in [0.2, 0.25) is 0 Å². The first-order valence-electron chi connectivity index (χ1n) is 6.31. The van der Waals surface area contributed by atoms with E-state index in [2.05, 4.69) is 15.9 Å². The molecule has 1 N–H and O–H groups in total. The Kier molecular flexibility index (Phi) is 4.79. The molecule has 20 heavy (non-hydrogen) atoms. The van der Waals surface area contributed by atoms with E-state index in [1.165, 1.54) is 0 Å². The molecule has 2 rings (SSSR count). The van der Waals surface area contributed by atoms with Crippen LogP contribution in [0.1, 0.15) is 11.1 Å². The number of carbonyl (C=O) groups is 1. The molecule has 0 saturated heterocycles. The highest BCUT2D eigenvalue weighted by molar-refractivity contribution is 9.10. The fourth-order valence-electron chi connectivity index (χ4n) is 1.88. The zero-order valence-electron chi connectivity index (χ0n) is 11.2. The lowest BCUT2D eigenvalue weighted by Gasteiger charge is -2.17. The van der Waals surface area contributed by atoms with E-state index in [-0.39, 0.29) is 11.7 Å². The number of benzene rings is 2. The molecule has 3 nitrogen and oxygen atoms in total. The van der Waals surface area contributed by atoms with Crippen LogP contribution in [0.15, 0.2) is 53.0 Å². The van der Waals surface area contributed by atoms with Gasteiger partial charge in [-0.05, 0) is 35.4 Å². The monoisotopic (exact) mass is 333 g/mol. The summed E-state index contributed by atoms with van der Waals surface area (Å²) in [5.74, 6) is 0.267. The molecule has 0 saturated carbocycles. The molecule has 104 valence electrons. The summed E-state index contributed by atoms with van der Waals surface area (Å²) in [6, 6.07) is 14.6. The first-order valence-corrected chi connectivity index (χ1v) is 7.10. The van der Waals surface area contributed by atoms with Gasteiger partial charge in [0, 0.05) is 18.1 Å². The molecule has 0 aliphatic rings. The first kappa shape index (κ1) is 14.6. The quantitative estimate of drug-likeness (QED) is 0.931. The Bertz CT molecular complexity index is 578. The molecule has 2 aromatic rings. The van der Waals surface area contributed by atoms with Crippen molar-refractivity contribution in [1.82, 2.24) is 4.90 Å². The molecule has 0 radical (unpaired) electrons. The normalized spacial score (nSPS) is 10.3. The number of phenolic OH excluding ortho intramolecular Hbond substituents is 1. The SMILES string of the molecule is CN(Cc1ccc(Br)cc1)C(=O)Cc1ccc(O)cc1. The van der Waals surface area contributed by atoms with Crippen molar-refractivity contribution in [2.75, 3.05) is 7.05 Å². The van der Waals surface area contributed by atoms with E-state index < -0.39 is 0 Å². The number of amides is 1. The van der Waals surface area contributed by atoms with Crippen LogP contribution in [0, 0.1) is 0 Å². The second-order valence-corrected chi connectivity index (χ2v) is 5.64. The largest absolute Gasteiger partial charge is 0.508 e. The van der Waals surface area contributed by atoms with Crippen LogP contribution in [0.3, 0.4) is 0 Å². The van der Waals surface area contributed by atoms with Gasteiger partial charge in [0.25, 0.3) is 0 Å². The van der Waals surface area contributed by atoms with Gasteiger partial charge in [0.2, 0.25) is 5.91 Å². The van der Waals surface area contributed by atoms with Gasteiger partial charge in [-0.15, -0.1) is 0 Å². The van der Waals surface area contributed by atoms with Gasteiger partial charge < -0.3 is 10.0 Å². The predicted molar refractivity (Wildman–Crippen MR) is 82.4 cm³/mol. The van der Waals surface area contributed by atoms with E-state index >= 15 is 0 Å². The van der Waals surface area contributed by atoms with Gasteiger partial charge in [-0.3, -0.25) is 4.79 Å². The number of phenols is 1. The Labute approximate surface area is 127 Å². The molecule has 0 unspecified atom stereocenters. The maximum absolute atomic E-state index is 12.1. The predicted octanol–water partition coefficient (Wildman–Crippen LogP) is 3.36. The van der Waals surface area contributed by atoms with Crippen LogP contribution in [-0.2, 0) is 17.8 Å². The summed E-state index contributed by atoms with van der Waals surface area (Å²) in [5.41, 5.74) is 1.99. The fraction of sp³-hybridized carbons (Fsp3) is 0.188. The van der Waals surface area contributed by atoms with Crippen LogP contribution in [0.25, 0.3) is 0 Å². The summed E-state index contributed by atoms with van der Waals surface area (Å²) < 4.78 is 1.03. The summed E-state index contributed by atoms with van der Waals surface area (Å²) in [7, 11) is 1.80. The van der Waals surface area contributed by atoms with Gasteiger partial charge in [0.1, 0.15) is 5.75 Å². The van der Waals surface area contributed by atoms with Gasteiger partial charge in [0.05, 0.1) is 6.42 Å². The van der Waals surface area contributed by atoms with Crippen LogP contribution >= 0.6 is 15.9 Å². The highest BCUT2D eigenvalue weighted by Gasteiger charge is 2.10. The Morgan fingerprint density at radius 3 is 2.20 bits per heavy atom. The van der Waals surface area contributed by atoms with Gasteiger partial charge >= 0.3 is 0 Å². The lowest BCUT2D eigenvalue weighted by Crippen LogP contribution is -2.27. The standard InChI is InChI=1S/C16H16BrNO2/c1-18(11-13-2-6-14(17)7-3-13)16(20)10-12-4-8-15(19)9-5-12/h2-9,19H,10-11H2,1H3. The molecule has 0 atom stereocenters. The van der Waals surface area contributed by atoms with Crippen LogP contribution in [-0.4, -0.2) is 23.0 Å². The minimum atomic E-state index is 0.0543. The van der Waals surface area contributed by atoms with E-state index in [1.54, 1.807) is 36.2 Å². The molecule has 0 bridgehead atoms. The maximum atomic E-state index is 12.1. The minimum absolute atomic E-state index is 0.0543. The smallest absolute Gasteiger partial charge is 0.227 e. The van der Waals surface area contributed by atoms with Crippen molar-refractivity contribution in [3.05, 3.63) is 64.1 Å². The fourth-order valence-corrected chi connectivity index (χ4v) is 2.14. The minimum Gasteiger partial charge on any atom is -0.508 e. The first-order chi connectivity index (χ1) is 9.54. The molecule has 0 aliphatic heterocycles. The van der Waals surface area contributed by atoms with Crippen molar-refractivity contribution < 1.29 is 9.90 Å². The third kappa shape index (κ3) is 4.10. The topological polar surface area (TPSA) is 40.5 Å². The maximum Gasteiger partial charge on any atom is 0.227 e. The Morgan fingerprint density at radius 2 is 1.60 bits per heavy atom. The van der Waals surface area contributed by atoms with Crippen molar-refractivity contribution in [3.63, 3.8) is 0 Å².